The second-order valence-corrected chi connectivity index (χ2v) is 12.1. The maximum Gasteiger partial charge on any atom is 0.253 e. The third kappa shape index (κ3) is 7.98. The van der Waals surface area contributed by atoms with E-state index < -0.39 is 5.41 Å². The fourth-order valence-corrected chi connectivity index (χ4v) is 5.99. The lowest BCUT2D eigenvalue weighted by Crippen LogP contribution is -2.51. The number of nitrogens with zero attached hydrogens (tertiary/aromatic N) is 5. The Bertz CT molecular complexity index is 1390. The Labute approximate surface area is 266 Å². The highest BCUT2D eigenvalue weighted by Gasteiger charge is 2.46. The molecule has 6 N–H and O–H groups in total. The van der Waals surface area contributed by atoms with Gasteiger partial charge in [-0.2, -0.15) is 10.4 Å². The topological polar surface area (TPSA) is 173 Å². The number of unbranched alkanes of at least 4 members (excludes halogenated alkanes) is 3. The van der Waals surface area contributed by atoms with Crippen molar-refractivity contribution in [1.82, 2.24) is 25.6 Å². The fraction of sp³-hybridized carbons (Fsp3) is 0.485. The molecule has 1 atom stereocenters. The van der Waals surface area contributed by atoms with Crippen LogP contribution >= 0.6 is 0 Å². The van der Waals surface area contributed by atoms with E-state index in [1.165, 1.54) is 9.80 Å². The fourth-order valence-electron chi connectivity index (χ4n) is 5.99. The minimum atomic E-state index is -0.989. The third-order valence-corrected chi connectivity index (χ3v) is 8.36. The first-order chi connectivity index (χ1) is 21.4. The van der Waals surface area contributed by atoms with E-state index in [2.05, 4.69) is 22.0 Å². The van der Waals surface area contributed by atoms with Crippen molar-refractivity contribution in [3.8, 4) is 6.07 Å². The normalized spacial score (nSPS) is 14.0. The van der Waals surface area contributed by atoms with E-state index in [4.69, 9.17) is 16.8 Å². The summed E-state index contributed by atoms with van der Waals surface area (Å²) in [5.41, 5.74) is 12.8. The Morgan fingerprint density at radius 2 is 1.51 bits per heavy atom. The van der Waals surface area contributed by atoms with Crippen molar-refractivity contribution in [2.24, 2.45) is 16.7 Å². The third-order valence-electron chi connectivity index (χ3n) is 8.36. The van der Waals surface area contributed by atoms with Gasteiger partial charge < -0.3 is 25.8 Å². The number of nitrogens with one attached hydrogen (secondary N) is 2. The van der Waals surface area contributed by atoms with Gasteiger partial charge in [-0.15, -0.1) is 0 Å². The smallest absolute Gasteiger partial charge is 0.253 e. The summed E-state index contributed by atoms with van der Waals surface area (Å²) in [6, 6.07) is 13.1. The molecule has 0 saturated carbocycles. The van der Waals surface area contributed by atoms with Crippen molar-refractivity contribution in [1.29, 1.82) is 5.26 Å². The van der Waals surface area contributed by atoms with Gasteiger partial charge in [-0.1, -0.05) is 18.6 Å². The SMILES string of the molecule is C[C@H](CC1(/C(N)=N/NN)c2ccc(C(=O)N(C)C)cc2Cc2cc(C(=O)N(C)C)ccc21)NCC(=O)N(C)CCCCCC#N. The van der Waals surface area contributed by atoms with Crippen LogP contribution in [0.15, 0.2) is 41.5 Å². The number of benzene rings is 2. The van der Waals surface area contributed by atoms with Gasteiger partial charge in [-0.05, 0) is 79.1 Å². The monoisotopic (exact) mass is 617 g/mol. The lowest BCUT2D eigenvalue weighted by atomic mass is 9.62. The van der Waals surface area contributed by atoms with E-state index in [1.54, 1.807) is 52.3 Å². The molecule has 12 heteroatoms. The van der Waals surface area contributed by atoms with E-state index in [0.29, 0.717) is 36.9 Å². The van der Waals surface area contributed by atoms with Gasteiger partial charge in [-0.3, -0.25) is 14.4 Å². The van der Waals surface area contributed by atoms with Crippen molar-refractivity contribution in [2.45, 2.75) is 56.9 Å². The molecular weight excluding hydrogens is 570 g/mol. The van der Waals surface area contributed by atoms with Gasteiger partial charge in [-0.25, -0.2) is 11.4 Å². The molecule has 0 unspecified atom stereocenters. The molecule has 3 amide bonds. The average molecular weight is 618 g/mol. The number of amides is 3. The van der Waals surface area contributed by atoms with Gasteiger partial charge in [0.1, 0.15) is 5.84 Å². The molecular formula is C33H47N9O3. The molecule has 0 aromatic heterocycles. The summed E-state index contributed by atoms with van der Waals surface area (Å²) in [5, 5.41) is 16.4. The quantitative estimate of drug-likeness (QED) is 0.0818. The number of carbonyl (C=O) groups is 3. The van der Waals surface area contributed by atoms with Crippen LogP contribution in [0.1, 0.15) is 82.0 Å². The average Bonchev–Trinajstić information content (AvgIpc) is 3.01. The molecule has 0 radical (unpaired) electrons. The first kappa shape index (κ1) is 35.0. The van der Waals surface area contributed by atoms with Crippen LogP contribution in [0, 0.1) is 11.3 Å². The molecule has 0 spiro atoms. The predicted octanol–water partition coefficient (Wildman–Crippen LogP) is 1.93. The van der Waals surface area contributed by atoms with Crippen LogP contribution in [0.2, 0.25) is 0 Å². The number of rotatable bonds is 14. The first-order valence-corrected chi connectivity index (χ1v) is 15.2. The summed E-state index contributed by atoms with van der Waals surface area (Å²) in [6.07, 6.45) is 3.99. The zero-order valence-corrected chi connectivity index (χ0v) is 27.3. The Morgan fingerprint density at radius 3 is 2.00 bits per heavy atom. The van der Waals surface area contributed by atoms with Crippen LogP contribution in [0.25, 0.3) is 0 Å². The summed E-state index contributed by atoms with van der Waals surface area (Å²) >= 11 is 0. The van der Waals surface area contributed by atoms with Crippen molar-refractivity contribution in [3.63, 3.8) is 0 Å². The highest BCUT2D eigenvalue weighted by Crippen LogP contribution is 2.46. The molecule has 0 saturated heterocycles. The summed E-state index contributed by atoms with van der Waals surface area (Å²) in [6.45, 7) is 2.74. The lowest BCUT2D eigenvalue weighted by molar-refractivity contribution is -0.129. The standard InChI is InChI=1S/C33H47N9O3/c1-22(37-21-29(43)42(6)16-10-8-7-9-15-34)20-33(32(35)38-39-36)27-13-11-23(30(44)40(2)3)17-25(27)19-26-18-24(12-14-28(26)33)31(45)41(4)5/h11-14,17-18,22,37,39H,7-10,16,19-21,36H2,1-6H3,(H2,35,38)/t22-/m1/s1. The van der Waals surface area contributed by atoms with Gasteiger partial charge in [0.15, 0.2) is 0 Å². The number of hydrazine groups is 1. The number of nitriles is 1. The van der Waals surface area contributed by atoms with Crippen molar-refractivity contribution in [2.75, 3.05) is 48.3 Å². The van der Waals surface area contributed by atoms with E-state index in [-0.39, 0.29) is 36.1 Å². The number of hydrogen-bond donors (Lipinski definition) is 4. The van der Waals surface area contributed by atoms with Gasteiger partial charge in [0.25, 0.3) is 11.8 Å². The second kappa shape index (κ2) is 15.5. The zero-order chi connectivity index (χ0) is 33.3. The minimum absolute atomic E-state index is 0.0374. The summed E-state index contributed by atoms with van der Waals surface area (Å²) in [4.78, 5) is 43.6. The Balaban J connectivity index is 2.03. The Morgan fingerprint density at radius 1 is 0.956 bits per heavy atom. The number of hydrogen-bond acceptors (Lipinski definition) is 8. The van der Waals surface area contributed by atoms with Crippen LogP contribution in [-0.4, -0.2) is 92.6 Å². The number of hydrazone groups is 1. The van der Waals surface area contributed by atoms with Crippen molar-refractivity contribution < 1.29 is 14.4 Å². The molecule has 2 aromatic carbocycles. The van der Waals surface area contributed by atoms with Gasteiger partial charge in [0.05, 0.1) is 18.0 Å². The zero-order valence-electron chi connectivity index (χ0n) is 27.3. The molecule has 0 bridgehead atoms. The Kier molecular flexibility index (Phi) is 12.1. The van der Waals surface area contributed by atoms with Crippen molar-refractivity contribution >= 4 is 23.6 Å². The summed E-state index contributed by atoms with van der Waals surface area (Å²) < 4.78 is 0. The summed E-state index contributed by atoms with van der Waals surface area (Å²) in [5.74, 6) is 5.59. The predicted molar refractivity (Wildman–Crippen MR) is 175 cm³/mol. The molecule has 0 aliphatic heterocycles. The number of amidine groups is 1. The minimum Gasteiger partial charge on any atom is -0.385 e. The molecule has 1 aliphatic carbocycles. The number of likely N-dealkylation sites (N-methyl/N-ethyl adjacent to an activating group) is 1. The first-order valence-electron chi connectivity index (χ1n) is 15.2. The molecule has 12 nitrogen and oxygen atoms in total. The maximum atomic E-state index is 12.9. The van der Waals surface area contributed by atoms with E-state index >= 15 is 0 Å². The molecule has 45 heavy (non-hydrogen) atoms. The van der Waals surface area contributed by atoms with Crippen LogP contribution in [0.3, 0.4) is 0 Å². The largest absolute Gasteiger partial charge is 0.385 e. The van der Waals surface area contributed by atoms with Gasteiger partial charge in [0.2, 0.25) is 5.91 Å². The molecule has 242 valence electrons. The van der Waals surface area contributed by atoms with Gasteiger partial charge >= 0.3 is 0 Å². The Hall–Kier alpha value is -4.47. The van der Waals surface area contributed by atoms with Crippen LogP contribution in [0.5, 0.6) is 0 Å². The van der Waals surface area contributed by atoms with Crippen molar-refractivity contribution in [3.05, 3.63) is 69.8 Å². The second-order valence-electron chi connectivity index (χ2n) is 12.1. The van der Waals surface area contributed by atoms with Crippen LogP contribution < -0.4 is 22.4 Å². The molecule has 1 aliphatic rings. The molecule has 2 aromatic rings. The molecule has 0 fully saturated rings. The maximum absolute atomic E-state index is 12.9. The van der Waals surface area contributed by atoms with E-state index in [1.807, 2.05) is 31.2 Å². The number of carbonyl (C=O) groups excluding carboxylic acids is 3. The number of nitrogens with two attached hydrogens (primary N) is 2. The van der Waals surface area contributed by atoms with Crippen LogP contribution in [0.4, 0.5) is 0 Å². The molecule has 0 heterocycles. The highest BCUT2D eigenvalue weighted by atomic mass is 16.2. The highest BCUT2D eigenvalue weighted by molar-refractivity contribution is 5.99. The van der Waals surface area contributed by atoms with E-state index in [9.17, 15) is 14.4 Å². The van der Waals surface area contributed by atoms with Gasteiger partial charge in [0, 0.05) is 65.4 Å². The molecule has 3 rings (SSSR count). The summed E-state index contributed by atoms with van der Waals surface area (Å²) in [7, 11) is 8.61. The number of fused-ring (bicyclic) bond motifs is 2. The lowest BCUT2D eigenvalue weighted by Gasteiger charge is -2.42. The van der Waals surface area contributed by atoms with E-state index in [0.717, 1.165) is 41.5 Å². The van der Waals surface area contributed by atoms with Crippen LogP contribution in [-0.2, 0) is 16.6 Å².